The van der Waals surface area contributed by atoms with Crippen molar-refractivity contribution in [3.63, 3.8) is 0 Å². The van der Waals surface area contributed by atoms with Crippen LogP contribution in [-0.4, -0.2) is 20.9 Å². The summed E-state index contributed by atoms with van der Waals surface area (Å²) in [4.78, 5) is 9.23. The lowest BCUT2D eigenvalue weighted by Gasteiger charge is -2.10. The predicted octanol–water partition coefficient (Wildman–Crippen LogP) is 6.46. The molecule has 4 aromatic rings. The van der Waals surface area contributed by atoms with E-state index in [0.717, 1.165) is 33.6 Å². The first-order chi connectivity index (χ1) is 14.6. The number of imidazole rings is 1. The fraction of sp³-hybridized carbons (Fsp3) is 0.0400. The van der Waals surface area contributed by atoms with Gasteiger partial charge in [0, 0.05) is 27.9 Å². The fourth-order valence-electron chi connectivity index (χ4n) is 3.63. The van der Waals surface area contributed by atoms with Gasteiger partial charge in [0.1, 0.15) is 11.5 Å². The minimum absolute atomic E-state index is 0.0795. The van der Waals surface area contributed by atoms with Crippen molar-refractivity contribution in [2.75, 3.05) is 0 Å². The predicted molar refractivity (Wildman–Crippen MR) is 123 cm³/mol. The lowest BCUT2D eigenvalue weighted by atomic mass is 10.1. The molecule has 2 heterocycles. The number of allylic oxidation sites excluding steroid dienone is 1. The summed E-state index contributed by atoms with van der Waals surface area (Å²) in [5, 5.41) is 11.8. The van der Waals surface area contributed by atoms with Gasteiger partial charge in [-0.2, -0.15) is 0 Å². The quantitative estimate of drug-likeness (QED) is 0.420. The monoisotopic (exact) mass is 411 g/mol. The molecule has 0 bridgehead atoms. The maximum atomic E-state index is 11.2. The summed E-state index contributed by atoms with van der Waals surface area (Å²) in [7, 11) is 0. The number of aromatic hydroxyl groups is 1. The molecule has 0 fully saturated rings. The Labute approximate surface area is 179 Å². The van der Waals surface area contributed by atoms with E-state index in [9.17, 15) is 5.11 Å². The number of hydrogen-bond donors (Lipinski definition) is 1. The van der Waals surface area contributed by atoms with E-state index in [4.69, 9.17) is 16.6 Å². The van der Waals surface area contributed by atoms with Gasteiger partial charge in [0.2, 0.25) is 5.88 Å². The third-order valence-electron chi connectivity index (χ3n) is 5.09. The van der Waals surface area contributed by atoms with Gasteiger partial charge in [0.25, 0.3) is 0 Å². The molecule has 5 rings (SSSR count). The lowest BCUT2D eigenvalue weighted by Crippen LogP contribution is -1.97. The van der Waals surface area contributed by atoms with Gasteiger partial charge in [-0.15, -0.1) is 0 Å². The molecule has 1 aliphatic rings. The van der Waals surface area contributed by atoms with E-state index in [2.05, 4.69) is 4.99 Å². The number of aromatic nitrogens is 2. The summed E-state index contributed by atoms with van der Waals surface area (Å²) in [5.41, 5.74) is 6.14. The van der Waals surface area contributed by atoms with Crippen LogP contribution in [0.5, 0.6) is 5.88 Å². The molecule has 30 heavy (non-hydrogen) atoms. The zero-order valence-electron chi connectivity index (χ0n) is 16.2. The summed E-state index contributed by atoms with van der Waals surface area (Å²) in [6, 6.07) is 23.3. The highest BCUT2D eigenvalue weighted by atomic mass is 35.5. The third kappa shape index (κ3) is 3.21. The highest BCUT2D eigenvalue weighted by Crippen LogP contribution is 2.36. The van der Waals surface area contributed by atoms with E-state index in [1.54, 1.807) is 10.8 Å². The standard InChI is InChI=1S/C25H18ClN3O/c1-16-5-4-6-20(13-16)29-24(17-9-11-19(26)12-10-17)28-23(25(29)30)14-18-15-27-22-8-3-2-7-21(18)22/h2-15,30H,1H3/b18-14+. The molecule has 146 valence electrons. The highest BCUT2D eigenvalue weighted by Gasteiger charge is 2.20. The topological polar surface area (TPSA) is 50.4 Å². The number of aryl methyl sites for hydroxylation is 1. The molecule has 0 amide bonds. The Hall–Kier alpha value is -3.63. The van der Waals surface area contributed by atoms with Crippen molar-refractivity contribution >= 4 is 35.2 Å². The molecular formula is C25H18ClN3O. The maximum absolute atomic E-state index is 11.2. The second-order valence-corrected chi connectivity index (χ2v) is 7.64. The molecule has 4 nitrogen and oxygen atoms in total. The fourth-order valence-corrected chi connectivity index (χ4v) is 3.76. The van der Waals surface area contributed by atoms with Crippen molar-refractivity contribution in [2.45, 2.75) is 6.92 Å². The van der Waals surface area contributed by atoms with Crippen molar-refractivity contribution in [3.05, 3.63) is 94.6 Å². The van der Waals surface area contributed by atoms with E-state index in [-0.39, 0.29) is 5.88 Å². The average Bonchev–Trinajstić information content (AvgIpc) is 3.30. The first-order valence-electron chi connectivity index (χ1n) is 9.60. The van der Waals surface area contributed by atoms with Gasteiger partial charge in [-0.05, 0) is 61.0 Å². The second kappa shape index (κ2) is 7.32. The molecule has 1 aliphatic heterocycles. The Kier molecular flexibility index (Phi) is 4.49. The molecule has 0 saturated heterocycles. The number of fused-ring (bicyclic) bond motifs is 1. The largest absolute Gasteiger partial charge is 0.493 e. The number of nitrogens with zero attached hydrogens (tertiary/aromatic N) is 3. The Morgan fingerprint density at radius 3 is 2.57 bits per heavy atom. The second-order valence-electron chi connectivity index (χ2n) is 7.20. The Bertz CT molecular complexity index is 1320. The Morgan fingerprint density at radius 2 is 1.77 bits per heavy atom. The van der Waals surface area contributed by atoms with Crippen LogP contribution in [0.1, 0.15) is 16.8 Å². The number of hydrogen-bond acceptors (Lipinski definition) is 3. The van der Waals surface area contributed by atoms with Crippen LogP contribution >= 0.6 is 11.6 Å². The average molecular weight is 412 g/mol. The molecular weight excluding hydrogens is 394 g/mol. The Balaban J connectivity index is 1.71. The highest BCUT2D eigenvalue weighted by molar-refractivity contribution is 6.30. The zero-order chi connectivity index (χ0) is 20.7. The molecule has 5 heteroatoms. The number of aliphatic imine (C=N–C) groups is 1. The van der Waals surface area contributed by atoms with Crippen molar-refractivity contribution in [1.29, 1.82) is 0 Å². The maximum Gasteiger partial charge on any atom is 0.224 e. The van der Waals surface area contributed by atoms with Crippen LogP contribution in [0.4, 0.5) is 5.69 Å². The van der Waals surface area contributed by atoms with Crippen LogP contribution < -0.4 is 0 Å². The van der Waals surface area contributed by atoms with Gasteiger partial charge in [-0.1, -0.05) is 41.9 Å². The summed E-state index contributed by atoms with van der Waals surface area (Å²) in [6.07, 6.45) is 3.67. The number of para-hydroxylation sites is 1. The van der Waals surface area contributed by atoms with Crippen molar-refractivity contribution < 1.29 is 5.11 Å². The van der Waals surface area contributed by atoms with Gasteiger partial charge in [-0.3, -0.25) is 9.56 Å². The molecule has 0 radical (unpaired) electrons. The Morgan fingerprint density at radius 1 is 0.967 bits per heavy atom. The van der Waals surface area contributed by atoms with Gasteiger partial charge in [-0.25, -0.2) is 4.98 Å². The van der Waals surface area contributed by atoms with Crippen molar-refractivity contribution in [3.8, 4) is 23.0 Å². The molecule has 0 atom stereocenters. The van der Waals surface area contributed by atoms with Crippen molar-refractivity contribution in [2.24, 2.45) is 4.99 Å². The van der Waals surface area contributed by atoms with E-state index in [1.165, 1.54) is 0 Å². The van der Waals surface area contributed by atoms with Crippen LogP contribution in [0.2, 0.25) is 5.02 Å². The van der Waals surface area contributed by atoms with Crippen LogP contribution in [-0.2, 0) is 0 Å². The minimum atomic E-state index is 0.0795. The van der Waals surface area contributed by atoms with Crippen LogP contribution in [0, 0.1) is 6.92 Å². The van der Waals surface area contributed by atoms with E-state index >= 15 is 0 Å². The molecule has 0 aliphatic carbocycles. The molecule has 0 unspecified atom stereocenters. The number of rotatable bonds is 3. The number of benzene rings is 3. The van der Waals surface area contributed by atoms with E-state index in [1.807, 2.05) is 85.8 Å². The van der Waals surface area contributed by atoms with Gasteiger partial charge < -0.3 is 5.11 Å². The van der Waals surface area contributed by atoms with Gasteiger partial charge in [0.05, 0.1) is 11.4 Å². The van der Waals surface area contributed by atoms with E-state index < -0.39 is 0 Å². The minimum Gasteiger partial charge on any atom is -0.493 e. The summed E-state index contributed by atoms with van der Waals surface area (Å²) in [6.45, 7) is 2.02. The third-order valence-corrected chi connectivity index (χ3v) is 5.34. The molecule has 0 spiro atoms. The van der Waals surface area contributed by atoms with E-state index in [0.29, 0.717) is 16.5 Å². The summed E-state index contributed by atoms with van der Waals surface area (Å²) < 4.78 is 1.76. The first kappa shape index (κ1) is 18.4. The number of halogens is 1. The van der Waals surface area contributed by atoms with Gasteiger partial charge in [0.15, 0.2) is 0 Å². The molecule has 0 saturated carbocycles. The SMILES string of the molecule is Cc1cccc(-n2c(-c3ccc(Cl)cc3)nc(/C=C3\C=Nc4ccccc43)c2O)c1. The molecule has 1 aromatic heterocycles. The summed E-state index contributed by atoms with van der Waals surface area (Å²) in [5.74, 6) is 0.723. The lowest BCUT2D eigenvalue weighted by molar-refractivity contribution is 0.442. The smallest absolute Gasteiger partial charge is 0.224 e. The van der Waals surface area contributed by atoms with Crippen molar-refractivity contribution in [1.82, 2.24) is 9.55 Å². The first-order valence-corrected chi connectivity index (χ1v) is 9.98. The van der Waals surface area contributed by atoms with Crippen LogP contribution in [0.15, 0.2) is 77.8 Å². The zero-order valence-corrected chi connectivity index (χ0v) is 17.0. The normalized spacial score (nSPS) is 13.7. The summed E-state index contributed by atoms with van der Waals surface area (Å²) >= 11 is 6.07. The molecule has 1 N–H and O–H groups in total. The molecule has 3 aromatic carbocycles. The van der Waals surface area contributed by atoms with Gasteiger partial charge >= 0.3 is 0 Å². The van der Waals surface area contributed by atoms with Crippen LogP contribution in [0.3, 0.4) is 0 Å². The van der Waals surface area contributed by atoms with Crippen LogP contribution in [0.25, 0.3) is 28.7 Å².